The molecule has 7 nitrogen and oxygen atoms in total. The Morgan fingerprint density at radius 2 is 1.87 bits per heavy atom. The van der Waals surface area contributed by atoms with Gasteiger partial charge >= 0.3 is 0 Å². The van der Waals surface area contributed by atoms with E-state index in [0.717, 1.165) is 31.4 Å². The molecule has 2 aromatic rings. The molecule has 1 fully saturated rings. The molecule has 0 atom stereocenters. The molecule has 0 saturated heterocycles. The van der Waals surface area contributed by atoms with Crippen molar-refractivity contribution < 1.29 is 4.79 Å². The quantitative estimate of drug-likeness (QED) is 0.921. The fourth-order valence-corrected chi connectivity index (χ4v) is 2.91. The van der Waals surface area contributed by atoms with Gasteiger partial charge in [0, 0.05) is 24.5 Å². The van der Waals surface area contributed by atoms with Gasteiger partial charge in [0.2, 0.25) is 5.82 Å². The van der Waals surface area contributed by atoms with Crippen LogP contribution < -0.4 is 10.9 Å². The number of nitrogens with zero attached hydrogens (tertiary/aromatic N) is 4. The minimum atomic E-state index is -0.250. The van der Waals surface area contributed by atoms with Crippen LogP contribution in [0, 0.1) is 6.92 Å². The number of hydrogen-bond acceptors (Lipinski definition) is 5. The van der Waals surface area contributed by atoms with Crippen molar-refractivity contribution in [3.63, 3.8) is 0 Å². The molecule has 120 valence electrons. The maximum absolute atomic E-state index is 12.1. The van der Waals surface area contributed by atoms with Crippen LogP contribution >= 0.6 is 0 Å². The van der Waals surface area contributed by atoms with E-state index in [1.54, 1.807) is 35.3 Å². The zero-order valence-electron chi connectivity index (χ0n) is 13.0. The molecule has 3 rings (SSSR count). The van der Waals surface area contributed by atoms with Crippen molar-refractivity contribution in [1.29, 1.82) is 0 Å². The molecule has 1 saturated carbocycles. The number of carbonyl (C=O) groups is 1. The summed E-state index contributed by atoms with van der Waals surface area (Å²) in [6.07, 6.45) is 6.35. The van der Waals surface area contributed by atoms with Crippen molar-refractivity contribution in [2.45, 2.75) is 44.7 Å². The number of hydrogen-bond donors (Lipinski definition) is 1. The van der Waals surface area contributed by atoms with Gasteiger partial charge in [0.1, 0.15) is 0 Å². The van der Waals surface area contributed by atoms with Gasteiger partial charge in [-0.1, -0.05) is 0 Å². The van der Waals surface area contributed by atoms with Crippen molar-refractivity contribution in [1.82, 2.24) is 25.1 Å². The summed E-state index contributed by atoms with van der Waals surface area (Å²) in [6.45, 7) is 1.88. The highest BCUT2D eigenvalue weighted by molar-refractivity contribution is 5.90. The lowest BCUT2D eigenvalue weighted by atomic mass is 9.91. The van der Waals surface area contributed by atoms with Crippen LogP contribution in [0.5, 0.6) is 0 Å². The average molecular weight is 313 g/mol. The molecule has 0 aliphatic heterocycles. The highest BCUT2D eigenvalue weighted by Gasteiger charge is 2.25. The molecule has 23 heavy (non-hydrogen) atoms. The van der Waals surface area contributed by atoms with Gasteiger partial charge in [-0.2, -0.15) is 5.10 Å². The second kappa shape index (κ2) is 6.68. The Kier molecular flexibility index (Phi) is 4.45. The summed E-state index contributed by atoms with van der Waals surface area (Å²) in [4.78, 5) is 31.9. The lowest BCUT2D eigenvalue weighted by Crippen LogP contribution is -2.40. The van der Waals surface area contributed by atoms with E-state index >= 15 is 0 Å². The Labute approximate surface area is 133 Å². The first kappa shape index (κ1) is 15.3. The number of carbonyl (C=O) groups excluding carboxylic acids is 1. The van der Waals surface area contributed by atoms with E-state index in [1.165, 1.54) is 0 Å². The van der Waals surface area contributed by atoms with Crippen molar-refractivity contribution >= 4 is 5.91 Å². The van der Waals surface area contributed by atoms with Crippen LogP contribution in [-0.2, 0) is 0 Å². The van der Waals surface area contributed by atoms with E-state index in [2.05, 4.69) is 20.4 Å². The van der Waals surface area contributed by atoms with Crippen LogP contribution in [0.2, 0.25) is 0 Å². The first-order chi connectivity index (χ1) is 11.1. The molecule has 1 N–H and O–H groups in total. The summed E-state index contributed by atoms with van der Waals surface area (Å²) in [5.74, 6) is -0.0638. The van der Waals surface area contributed by atoms with E-state index in [9.17, 15) is 9.59 Å². The Morgan fingerprint density at radius 1 is 1.17 bits per heavy atom. The van der Waals surface area contributed by atoms with Gasteiger partial charge < -0.3 is 5.32 Å². The normalized spacial score (nSPS) is 20.9. The van der Waals surface area contributed by atoms with Crippen LogP contribution in [0.25, 0.3) is 0 Å². The zero-order chi connectivity index (χ0) is 16.2. The van der Waals surface area contributed by atoms with Crippen molar-refractivity contribution in [2.24, 2.45) is 0 Å². The number of nitrogens with one attached hydrogen (secondary N) is 1. The average Bonchev–Trinajstić information content (AvgIpc) is 2.58. The minimum absolute atomic E-state index is 0.0687. The second-order valence-electron chi connectivity index (χ2n) is 5.81. The smallest absolute Gasteiger partial charge is 0.289 e. The van der Waals surface area contributed by atoms with E-state index in [-0.39, 0.29) is 29.4 Å². The summed E-state index contributed by atoms with van der Waals surface area (Å²) in [5.41, 5.74) is 0.766. The van der Waals surface area contributed by atoms with Crippen LogP contribution in [0.4, 0.5) is 0 Å². The molecule has 1 amide bonds. The topological polar surface area (TPSA) is 89.8 Å². The van der Waals surface area contributed by atoms with Crippen LogP contribution in [0.1, 0.15) is 48.0 Å². The highest BCUT2D eigenvalue weighted by atomic mass is 16.2. The van der Waals surface area contributed by atoms with Crippen LogP contribution in [0.15, 0.2) is 35.4 Å². The summed E-state index contributed by atoms with van der Waals surface area (Å²) < 4.78 is 1.58. The molecule has 7 heteroatoms. The first-order valence-electron chi connectivity index (χ1n) is 7.78. The second-order valence-corrected chi connectivity index (χ2v) is 5.81. The fraction of sp³-hybridized carbons (Fsp3) is 0.438. The van der Waals surface area contributed by atoms with Gasteiger partial charge in [-0.15, -0.1) is 0 Å². The van der Waals surface area contributed by atoms with Gasteiger partial charge in [-0.05, 0) is 44.7 Å². The van der Waals surface area contributed by atoms with Gasteiger partial charge in [-0.25, -0.2) is 14.6 Å². The Hall–Kier alpha value is -2.57. The van der Waals surface area contributed by atoms with Crippen molar-refractivity contribution in [3.8, 4) is 0 Å². The Balaban J connectivity index is 1.59. The lowest BCUT2D eigenvalue weighted by molar-refractivity contribution is 0.0910. The third-order valence-electron chi connectivity index (χ3n) is 4.11. The van der Waals surface area contributed by atoms with Gasteiger partial charge in [0.25, 0.3) is 11.5 Å². The molecule has 0 radical (unpaired) electrons. The molecular formula is C16H19N5O2. The number of rotatable bonds is 3. The number of aromatic nitrogens is 4. The van der Waals surface area contributed by atoms with E-state index in [1.807, 2.05) is 6.92 Å². The number of aryl methyl sites for hydroxylation is 1. The van der Waals surface area contributed by atoms with E-state index < -0.39 is 0 Å². The minimum Gasteiger partial charge on any atom is -0.347 e. The molecule has 1 aliphatic carbocycles. The molecule has 0 bridgehead atoms. The summed E-state index contributed by atoms with van der Waals surface area (Å²) >= 11 is 0. The van der Waals surface area contributed by atoms with Gasteiger partial charge in [-0.3, -0.25) is 9.59 Å². The molecular weight excluding hydrogens is 294 g/mol. The number of amides is 1. The SMILES string of the molecule is Cc1ccc(=O)n(C2CCC(NC(=O)c3ncccn3)CC2)n1. The predicted octanol–water partition coefficient (Wildman–Crippen LogP) is 1.26. The van der Waals surface area contributed by atoms with Gasteiger partial charge in [0.05, 0.1) is 11.7 Å². The molecule has 0 unspecified atom stereocenters. The predicted molar refractivity (Wildman–Crippen MR) is 84.0 cm³/mol. The summed E-state index contributed by atoms with van der Waals surface area (Å²) in [6, 6.07) is 5.15. The standard InChI is InChI=1S/C16H19N5O2/c1-11-3-8-14(22)21(20-11)13-6-4-12(5-7-13)19-16(23)15-17-9-2-10-18-15/h2-3,8-10,12-13H,4-7H2,1H3,(H,19,23). The Bertz CT molecular complexity index is 736. The van der Waals surface area contributed by atoms with Crippen molar-refractivity contribution in [3.05, 3.63) is 52.5 Å². The maximum atomic E-state index is 12.1. The summed E-state index contributed by atoms with van der Waals surface area (Å²) in [5, 5.41) is 7.29. The molecule has 0 spiro atoms. The maximum Gasteiger partial charge on any atom is 0.289 e. The molecule has 2 heterocycles. The van der Waals surface area contributed by atoms with Crippen LogP contribution in [0.3, 0.4) is 0 Å². The van der Waals surface area contributed by atoms with Crippen LogP contribution in [-0.4, -0.2) is 31.7 Å². The zero-order valence-corrected chi connectivity index (χ0v) is 13.0. The highest BCUT2D eigenvalue weighted by Crippen LogP contribution is 2.27. The lowest BCUT2D eigenvalue weighted by Gasteiger charge is -2.29. The Morgan fingerprint density at radius 3 is 2.57 bits per heavy atom. The fourth-order valence-electron chi connectivity index (χ4n) is 2.91. The molecule has 2 aromatic heterocycles. The van der Waals surface area contributed by atoms with E-state index in [0.29, 0.717) is 0 Å². The largest absolute Gasteiger partial charge is 0.347 e. The van der Waals surface area contributed by atoms with Crippen molar-refractivity contribution in [2.75, 3.05) is 0 Å². The third kappa shape index (κ3) is 3.61. The first-order valence-corrected chi connectivity index (χ1v) is 7.78. The third-order valence-corrected chi connectivity index (χ3v) is 4.11. The van der Waals surface area contributed by atoms with E-state index in [4.69, 9.17) is 0 Å². The summed E-state index contributed by atoms with van der Waals surface area (Å²) in [7, 11) is 0. The molecule has 1 aliphatic rings. The molecule has 0 aromatic carbocycles. The monoisotopic (exact) mass is 313 g/mol. The van der Waals surface area contributed by atoms with Gasteiger partial charge in [0.15, 0.2) is 0 Å².